The van der Waals surface area contributed by atoms with Gasteiger partial charge in [-0.3, -0.25) is 0 Å². The van der Waals surface area contributed by atoms with Gasteiger partial charge in [-0.15, -0.1) is 0 Å². The zero-order chi connectivity index (χ0) is 10.3. The lowest BCUT2D eigenvalue weighted by Crippen LogP contribution is -1.85. The minimum atomic E-state index is -0.247. The maximum Gasteiger partial charge on any atom is 0.200 e. The second-order valence-corrected chi connectivity index (χ2v) is 4.58. The molecule has 74 valence electrons. The third kappa shape index (κ3) is 1.54. The molecule has 0 bridgehead atoms. The molecule has 0 atom stereocenters. The Bertz CT molecular complexity index is 473. The van der Waals surface area contributed by atoms with Gasteiger partial charge in [0.25, 0.3) is 0 Å². The smallest absolute Gasteiger partial charge is 0.200 e. The third-order valence-electron chi connectivity index (χ3n) is 2.28. The summed E-state index contributed by atoms with van der Waals surface area (Å²) in [6, 6.07) is 5.67. The highest BCUT2D eigenvalue weighted by atomic mass is 127. The van der Waals surface area contributed by atoms with Crippen molar-refractivity contribution in [3.63, 3.8) is 0 Å². The highest BCUT2D eigenvalue weighted by Gasteiger charge is 2.12. The molecule has 0 spiro atoms. The minimum absolute atomic E-state index is 0.247. The van der Waals surface area contributed by atoms with Crippen LogP contribution >= 0.6 is 22.6 Å². The Kier molecular flexibility index (Phi) is 2.51. The summed E-state index contributed by atoms with van der Waals surface area (Å²) in [5.74, 6) is 0.162. The number of halogens is 2. The van der Waals surface area contributed by atoms with E-state index >= 15 is 0 Å². The van der Waals surface area contributed by atoms with Crippen LogP contribution in [0.1, 0.15) is 25.3 Å². The fourth-order valence-electron chi connectivity index (χ4n) is 1.41. The average Bonchev–Trinajstić information content (AvgIpc) is 2.43. The number of furan rings is 1. The zero-order valence-corrected chi connectivity index (χ0v) is 10.1. The van der Waals surface area contributed by atoms with Gasteiger partial charge < -0.3 is 4.42 Å². The van der Waals surface area contributed by atoms with Gasteiger partial charge in [-0.05, 0) is 23.6 Å². The first-order valence-corrected chi connectivity index (χ1v) is 5.55. The maximum absolute atomic E-state index is 13.5. The molecule has 14 heavy (non-hydrogen) atoms. The van der Waals surface area contributed by atoms with Gasteiger partial charge in [0.2, 0.25) is 3.77 Å². The lowest BCUT2D eigenvalue weighted by atomic mass is 10.0. The summed E-state index contributed by atoms with van der Waals surface area (Å²) >= 11 is 1.86. The van der Waals surface area contributed by atoms with Gasteiger partial charge in [-0.1, -0.05) is 19.9 Å². The molecule has 2 aromatic rings. The topological polar surface area (TPSA) is 13.1 Å². The summed E-state index contributed by atoms with van der Waals surface area (Å²) in [7, 11) is 0. The van der Waals surface area contributed by atoms with E-state index in [9.17, 15) is 4.39 Å². The predicted molar refractivity (Wildman–Crippen MR) is 63.0 cm³/mol. The molecule has 0 radical (unpaired) electrons. The number of rotatable bonds is 1. The van der Waals surface area contributed by atoms with Crippen LogP contribution in [0.5, 0.6) is 0 Å². The van der Waals surface area contributed by atoms with Crippen molar-refractivity contribution in [1.82, 2.24) is 0 Å². The molecule has 0 saturated heterocycles. The second-order valence-electron chi connectivity index (χ2n) is 3.60. The lowest BCUT2D eigenvalue weighted by molar-refractivity contribution is 0.527. The largest absolute Gasteiger partial charge is 0.447 e. The zero-order valence-electron chi connectivity index (χ0n) is 7.97. The van der Waals surface area contributed by atoms with Gasteiger partial charge in [0.1, 0.15) is 5.58 Å². The summed E-state index contributed by atoms with van der Waals surface area (Å²) < 4.78 is 19.1. The molecule has 2 rings (SSSR count). The van der Waals surface area contributed by atoms with Crippen LogP contribution in [0.3, 0.4) is 0 Å². The molecule has 0 aliphatic heterocycles. The number of hydrogen-bond acceptors (Lipinski definition) is 1. The molecule has 1 nitrogen and oxygen atoms in total. The average molecular weight is 304 g/mol. The van der Waals surface area contributed by atoms with E-state index in [1.807, 2.05) is 40.8 Å². The normalized spacial score (nSPS) is 11.5. The van der Waals surface area contributed by atoms with E-state index < -0.39 is 0 Å². The molecule has 0 saturated carbocycles. The molecule has 1 heterocycles. The Morgan fingerprint density at radius 2 is 2.07 bits per heavy atom. The van der Waals surface area contributed by atoms with E-state index in [1.165, 1.54) is 0 Å². The summed E-state index contributed by atoms with van der Waals surface area (Å²) in [5, 5.41) is 0.584. The van der Waals surface area contributed by atoms with E-state index in [-0.39, 0.29) is 5.82 Å². The fraction of sp³-hybridized carbons (Fsp3) is 0.273. The number of benzene rings is 1. The van der Waals surface area contributed by atoms with Gasteiger partial charge in [0.15, 0.2) is 5.82 Å². The standard InChI is InChI=1S/C11H10FIO/c1-6(2)7-3-4-9-8(5-7)10(12)11(13)14-9/h3-6H,1-2H3. The third-order valence-corrected chi connectivity index (χ3v) is 2.97. The first-order chi connectivity index (χ1) is 6.59. The maximum atomic E-state index is 13.5. The molecule has 1 aromatic carbocycles. The van der Waals surface area contributed by atoms with Crippen molar-refractivity contribution in [3.8, 4) is 0 Å². The first-order valence-electron chi connectivity index (χ1n) is 4.47. The van der Waals surface area contributed by atoms with Crippen LogP contribution in [0.25, 0.3) is 11.0 Å². The molecular weight excluding hydrogens is 294 g/mol. The van der Waals surface area contributed by atoms with Crippen LogP contribution in [-0.2, 0) is 0 Å². The van der Waals surface area contributed by atoms with E-state index in [4.69, 9.17) is 4.42 Å². The highest BCUT2D eigenvalue weighted by Crippen LogP contribution is 2.28. The van der Waals surface area contributed by atoms with E-state index in [2.05, 4.69) is 13.8 Å². The molecule has 0 aliphatic carbocycles. The van der Waals surface area contributed by atoms with Crippen molar-refractivity contribution in [2.75, 3.05) is 0 Å². The second kappa shape index (κ2) is 3.53. The molecule has 3 heteroatoms. The molecule has 0 amide bonds. The van der Waals surface area contributed by atoms with E-state index in [0.717, 1.165) is 5.56 Å². The van der Waals surface area contributed by atoms with Crippen molar-refractivity contribution >= 4 is 33.6 Å². The minimum Gasteiger partial charge on any atom is -0.447 e. The van der Waals surface area contributed by atoms with Crippen molar-refractivity contribution in [2.24, 2.45) is 0 Å². The molecule has 0 aliphatic rings. The van der Waals surface area contributed by atoms with Crippen LogP contribution in [0, 0.1) is 9.58 Å². The van der Waals surface area contributed by atoms with Gasteiger partial charge >= 0.3 is 0 Å². The van der Waals surface area contributed by atoms with Gasteiger partial charge in [0.05, 0.1) is 5.39 Å². The summed E-state index contributed by atoms with van der Waals surface area (Å²) in [6.07, 6.45) is 0. The van der Waals surface area contributed by atoms with E-state index in [1.54, 1.807) is 0 Å². The van der Waals surface area contributed by atoms with Crippen LogP contribution in [-0.4, -0.2) is 0 Å². The summed E-state index contributed by atoms with van der Waals surface area (Å²) in [6.45, 7) is 4.17. The Morgan fingerprint density at radius 3 is 2.71 bits per heavy atom. The highest BCUT2D eigenvalue weighted by molar-refractivity contribution is 14.1. The van der Waals surface area contributed by atoms with Gasteiger partial charge in [-0.2, -0.15) is 0 Å². The van der Waals surface area contributed by atoms with Crippen LogP contribution in [0.4, 0.5) is 4.39 Å². The Morgan fingerprint density at radius 1 is 1.36 bits per heavy atom. The van der Waals surface area contributed by atoms with Crippen molar-refractivity contribution < 1.29 is 8.81 Å². The first kappa shape index (κ1) is 9.96. The Labute approximate surface area is 95.4 Å². The lowest BCUT2D eigenvalue weighted by Gasteiger charge is -2.03. The van der Waals surface area contributed by atoms with E-state index in [0.29, 0.717) is 20.7 Å². The quantitative estimate of drug-likeness (QED) is 0.716. The number of fused-ring (bicyclic) bond motifs is 1. The van der Waals surface area contributed by atoms with Crippen molar-refractivity contribution in [3.05, 3.63) is 33.3 Å². The van der Waals surface area contributed by atoms with Gasteiger partial charge in [0, 0.05) is 22.6 Å². The Balaban J connectivity index is 2.69. The van der Waals surface area contributed by atoms with Crippen LogP contribution in [0.15, 0.2) is 22.6 Å². The Hall–Kier alpha value is -0.580. The monoisotopic (exact) mass is 304 g/mol. The molecule has 0 fully saturated rings. The molecule has 0 N–H and O–H groups in total. The van der Waals surface area contributed by atoms with Crippen LogP contribution in [0.2, 0.25) is 0 Å². The molecule has 0 unspecified atom stereocenters. The molecule has 1 aromatic heterocycles. The summed E-state index contributed by atoms with van der Waals surface area (Å²) in [5.41, 5.74) is 1.75. The van der Waals surface area contributed by atoms with Crippen molar-refractivity contribution in [1.29, 1.82) is 0 Å². The van der Waals surface area contributed by atoms with Crippen molar-refractivity contribution in [2.45, 2.75) is 19.8 Å². The molecular formula is C11H10FIO. The SMILES string of the molecule is CC(C)c1ccc2oc(I)c(F)c2c1. The van der Waals surface area contributed by atoms with Gasteiger partial charge in [-0.25, -0.2) is 4.39 Å². The number of hydrogen-bond donors (Lipinski definition) is 0. The fourth-order valence-corrected chi connectivity index (χ4v) is 1.94. The summed E-state index contributed by atoms with van der Waals surface area (Å²) in [4.78, 5) is 0. The van der Waals surface area contributed by atoms with Crippen LogP contribution < -0.4 is 0 Å². The predicted octanol–water partition coefficient (Wildman–Crippen LogP) is 4.30.